The largest absolute Gasteiger partial charge is 0.289 e. The molecule has 0 atom stereocenters. The Morgan fingerprint density at radius 2 is 1.06 bits per heavy atom. The molecule has 3 rings (SSSR count). The molecule has 0 saturated carbocycles. The van der Waals surface area contributed by atoms with Crippen LogP contribution < -0.4 is 0 Å². The molecule has 0 radical (unpaired) electrons. The Morgan fingerprint density at radius 1 is 0.667 bits per heavy atom. The van der Waals surface area contributed by atoms with Gasteiger partial charge in [0.25, 0.3) is 0 Å². The van der Waals surface area contributed by atoms with E-state index in [1.807, 2.05) is 13.8 Å². The van der Waals surface area contributed by atoms with E-state index in [1.165, 1.54) is 11.1 Å². The molecule has 0 unspecified atom stereocenters. The third kappa shape index (κ3) is 1.25. The van der Waals surface area contributed by atoms with Crippen molar-refractivity contribution >= 4 is 5.78 Å². The van der Waals surface area contributed by atoms with Crippen LogP contribution in [0.25, 0.3) is 11.1 Å². The van der Waals surface area contributed by atoms with Gasteiger partial charge in [0, 0.05) is 11.1 Å². The molecular formula is C17H16O. The van der Waals surface area contributed by atoms with Crippen LogP contribution in [-0.2, 0) is 0 Å². The molecule has 2 aromatic rings. The van der Waals surface area contributed by atoms with Crippen molar-refractivity contribution in [3.8, 4) is 11.1 Å². The van der Waals surface area contributed by atoms with E-state index in [4.69, 9.17) is 0 Å². The minimum absolute atomic E-state index is 0.197. The molecule has 0 bridgehead atoms. The van der Waals surface area contributed by atoms with Crippen LogP contribution in [0.3, 0.4) is 0 Å². The third-order valence-electron chi connectivity index (χ3n) is 4.22. The van der Waals surface area contributed by atoms with Crippen molar-refractivity contribution in [2.45, 2.75) is 27.7 Å². The first-order valence-electron chi connectivity index (χ1n) is 6.28. The van der Waals surface area contributed by atoms with Crippen molar-refractivity contribution in [3.63, 3.8) is 0 Å². The summed E-state index contributed by atoms with van der Waals surface area (Å²) >= 11 is 0. The zero-order valence-corrected chi connectivity index (χ0v) is 11.2. The van der Waals surface area contributed by atoms with Gasteiger partial charge in [-0.2, -0.15) is 0 Å². The quantitative estimate of drug-likeness (QED) is 0.573. The molecule has 0 fully saturated rings. The monoisotopic (exact) mass is 236 g/mol. The molecule has 1 aliphatic carbocycles. The molecular weight excluding hydrogens is 220 g/mol. The number of carbonyl (C=O) groups excluding carboxylic acids is 1. The smallest absolute Gasteiger partial charge is 0.194 e. The Balaban J connectivity index is 2.42. The highest BCUT2D eigenvalue weighted by Gasteiger charge is 2.30. The summed E-state index contributed by atoms with van der Waals surface area (Å²) in [5.74, 6) is 0.197. The molecule has 0 aromatic heterocycles. The van der Waals surface area contributed by atoms with E-state index in [0.29, 0.717) is 0 Å². The first kappa shape index (κ1) is 11.2. The second kappa shape index (κ2) is 3.55. The first-order chi connectivity index (χ1) is 8.52. The Kier molecular flexibility index (Phi) is 2.21. The first-order valence-corrected chi connectivity index (χ1v) is 6.28. The predicted octanol–water partition coefficient (Wildman–Crippen LogP) is 4.13. The fourth-order valence-corrected chi connectivity index (χ4v) is 2.79. The highest BCUT2D eigenvalue weighted by molar-refractivity contribution is 6.23. The number of rotatable bonds is 0. The SMILES string of the molecule is Cc1ccc2c(c1C)C(=O)c1c-2ccc(C)c1C. The van der Waals surface area contributed by atoms with Gasteiger partial charge in [0.1, 0.15) is 0 Å². The average Bonchev–Trinajstić information content (AvgIpc) is 2.63. The Bertz CT molecular complexity index is 634. The molecule has 0 amide bonds. The van der Waals surface area contributed by atoms with Crippen LogP contribution in [0.5, 0.6) is 0 Å². The van der Waals surface area contributed by atoms with E-state index < -0.39 is 0 Å². The molecule has 1 heteroatoms. The highest BCUT2D eigenvalue weighted by atomic mass is 16.1. The summed E-state index contributed by atoms with van der Waals surface area (Å²) < 4.78 is 0. The number of aryl methyl sites for hydroxylation is 2. The molecule has 0 N–H and O–H groups in total. The van der Waals surface area contributed by atoms with Crippen molar-refractivity contribution in [1.82, 2.24) is 0 Å². The second-order valence-electron chi connectivity index (χ2n) is 5.19. The maximum Gasteiger partial charge on any atom is 0.194 e. The zero-order chi connectivity index (χ0) is 13.0. The maximum atomic E-state index is 12.6. The van der Waals surface area contributed by atoms with Crippen LogP contribution in [0.2, 0.25) is 0 Å². The number of fused-ring (bicyclic) bond motifs is 3. The summed E-state index contributed by atoms with van der Waals surface area (Å²) in [5, 5.41) is 0. The van der Waals surface area contributed by atoms with E-state index in [1.54, 1.807) is 0 Å². The summed E-state index contributed by atoms with van der Waals surface area (Å²) in [6, 6.07) is 8.36. The van der Waals surface area contributed by atoms with Crippen LogP contribution in [0.4, 0.5) is 0 Å². The van der Waals surface area contributed by atoms with Gasteiger partial charge in [0.15, 0.2) is 5.78 Å². The number of hydrogen-bond donors (Lipinski definition) is 0. The third-order valence-corrected chi connectivity index (χ3v) is 4.22. The van der Waals surface area contributed by atoms with Crippen molar-refractivity contribution in [2.24, 2.45) is 0 Å². The fourth-order valence-electron chi connectivity index (χ4n) is 2.79. The van der Waals surface area contributed by atoms with Crippen molar-refractivity contribution in [3.05, 3.63) is 57.6 Å². The minimum Gasteiger partial charge on any atom is -0.289 e. The van der Waals surface area contributed by atoms with E-state index in [2.05, 4.69) is 38.1 Å². The zero-order valence-electron chi connectivity index (χ0n) is 11.2. The van der Waals surface area contributed by atoms with E-state index in [-0.39, 0.29) is 5.78 Å². The van der Waals surface area contributed by atoms with Gasteiger partial charge in [-0.15, -0.1) is 0 Å². The molecule has 0 heterocycles. The van der Waals surface area contributed by atoms with Crippen LogP contribution >= 0.6 is 0 Å². The fraction of sp³-hybridized carbons (Fsp3) is 0.235. The van der Waals surface area contributed by atoms with Crippen LogP contribution in [0.15, 0.2) is 24.3 Å². The molecule has 0 aliphatic heterocycles. The minimum atomic E-state index is 0.197. The summed E-state index contributed by atoms with van der Waals surface area (Å²) in [4.78, 5) is 12.6. The molecule has 0 spiro atoms. The Hall–Kier alpha value is -1.89. The number of ketones is 1. The lowest BCUT2D eigenvalue weighted by Crippen LogP contribution is -2.02. The maximum absolute atomic E-state index is 12.6. The molecule has 0 saturated heterocycles. The van der Waals surface area contributed by atoms with Crippen molar-refractivity contribution in [1.29, 1.82) is 0 Å². The van der Waals surface area contributed by atoms with Crippen molar-refractivity contribution < 1.29 is 4.79 Å². The molecule has 1 nitrogen and oxygen atoms in total. The lowest BCUT2D eigenvalue weighted by Gasteiger charge is -2.06. The van der Waals surface area contributed by atoms with Gasteiger partial charge >= 0.3 is 0 Å². The summed E-state index contributed by atoms with van der Waals surface area (Å²) in [6.45, 7) is 8.20. The van der Waals surface area contributed by atoms with E-state index in [0.717, 1.165) is 33.4 Å². The lowest BCUT2D eigenvalue weighted by molar-refractivity contribution is 0.104. The van der Waals surface area contributed by atoms with Crippen LogP contribution in [0, 0.1) is 27.7 Å². The molecule has 1 aliphatic rings. The topological polar surface area (TPSA) is 17.1 Å². The predicted molar refractivity (Wildman–Crippen MR) is 74.3 cm³/mol. The molecule has 90 valence electrons. The Morgan fingerprint density at radius 3 is 1.44 bits per heavy atom. The average molecular weight is 236 g/mol. The molecule has 18 heavy (non-hydrogen) atoms. The summed E-state index contributed by atoms with van der Waals surface area (Å²) in [6.07, 6.45) is 0. The summed E-state index contributed by atoms with van der Waals surface area (Å²) in [7, 11) is 0. The number of carbonyl (C=O) groups is 1. The van der Waals surface area contributed by atoms with Gasteiger partial charge in [-0.1, -0.05) is 24.3 Å². The molecule has 2 aromatic carbocycles. The van der Waals surface area contributed by atoms with Gasteiger partial charge in [0.2, 0.25) is 0 Å². The van der Waals surface area contributed by atoms with Gasteiger partial charge in [-0.05, 0) is 61.1 Å². The van der Waals surface area contributed by atoms with Gasteiger partial charge in [-0.25, -0.2) is 0 Å². The normalized spacial score (nSPS) is 12.6. The number of benzene rings is 2. The van der Waals surface area contributed by atoms with Gasteiger partial charge in [0.05, 0.1) is 0 Å². The van der Waals surface area contributed by atoms with Gasteiger partial charge < -0.3 is 0 Å². The standard InChI is InChI=1S/C17H16O/c1-9-5-7-13-14-8-6-10(2)12(4)16(14)17(18)15(13)11(9)3/h5-8H,1-4H3. The van der Waals surface area contributed by atoms with E-state index >= 15 is 0 Å². The van der Waals surface area contributed by atoms with Crippen molar-refractivity contribution in [2.75, 3.05) is 0 Å². The van der Waals surface area contributed by atoms with Gasteiger partial charge in [-0.3, -0.25) is 4.79 Å². The second-order valence-corrected chi connectivity index (χ2v) is 5.19. The summed E-state index contributed by atoms with van der Waals surface area (Å²) in [5.41, 5.74) is 8.60. The van der Waals surface area contributed by atoms with Crippen LogP contribution in [0.1, 0.15) is 38.2 Å². The van der Waals surface area contributed by atoms with Crippen LogP contribution in [-0.4, -0.2) is 5.78 Å². The van der Waals surface area contributed by atoms with E-state index in [9.17, 15) is 4.79 Å². The lowest BCUT2D eigenvalue weighted by atomic mass is 9.98. The number of hydrogen-bond acceptors (Lipinski definition) is 1. The Labute approximate surface area is 107 Å². The highest BCUT2D eigenvalue weighted by Crippen LogP contribution is 2.41.